The zero-order chi connectivity index (χ0) is 13.0. The number of aromatic nitrogens is 2. The number of carbonyl (C=O) groups is 1. The second-order valence-electron chi connectivity index (χ2n) is 4.11. The lowest BCUT2D eigenvalue weighted by atomic mass is 10.2. The van der Waals surface area contributed by atoms with Gasteiger partial charge in [0, 0.05) is 31.4 Å². The normalized spacial score (nSPS) is 10.8. The molecule has 0 atom stereocenters. The SMILES string of the molecule is CCNCc1cn(CC(=O)NC)c2ncccc12. The van der Waals surface area contributed by atoms with Crippen molar-refractivity contribution in [1.29, 1.82) is 0 Å². The molecule has 0 saturated carbocycles. The van der Waals surface area contributed by atoms with E-state index in [1.807, 2.05) is 22.9 Å². The van der Waals surface area contributed by atoms with E-state index in [0.717, 1.165) is 24.1 Å². The molecule has 5 heteroatoms. The molecule has 0 bridgehead atoms. The molecular weight excluding hydrogens is 228 g/mol. The number of likely N-dealkylation sites (N-methyl/N-ethyl adjacent to an activating group) is 1. The predicted molar refractivity (Wildman–Crippen MR) is 71.2 cm³/mol. The van der Waals surface area contributed by atoms with Crippen molar-refractivity contribution in [1.82, 2.24) is 20.2 Å². The zero-order valence-corrected chi connectivity index (χ0v) is 10.7. The fourth-order valence-electron chi connectivity index (χ4n) is 1.95. The maximum atomic E-state index is 11.5. The highest BCUT2D eigenvalue weighted by Crippen LogP contribution is 2.19. The Morgan fingerprint density at radius 1 is 1.50 bits per heavy atom. The van der Waals surface area contributed by atoms with Crippen molar-refractivity contribution >= 4 is 16.9 Å². The molecule has 2 heterocycles. The van der Waals surface area contributed by atoms with Gasteiger partial charge in [-0.05, 0) is 24.2 Å². The zero-order valence-electron chi connectivity index (χ0n) is 10.7. The lowest BCUT2D eigenvalue weighted by molar-refractivity contribution is -0.121. The van der Waals surface area contributed by atoms with Gasteiger partial charge < -0.3 is 15.2 Å². The molecule has 18 heavy (non-hydrogen) atoms. The first-order valence-corrected chi connectivity index (χ1v) is 6.10. The molecule has 0 saturated heterocycles. The van der Waals surface area contributed by atoms with Gasteiger partial charge in [-0.1, -0.05) is 6.92 Å². The summed E-state index contributed by atoms with van der Waals surface area (Å²) in [5, 5.41) is 7.02. The van der Waals surface area contributed by atoms with E-state index in [9.17, 15) is 4.79 Å². The number of nitrogens with zero attached hydrogens (tertiary/aromatic N) is 2. The van der Waals surface area contributed by atoms with Gasteiger partial charge in [0.05, 0.1) is 0 Å². The van der Waals surface area contributed by atoms with Crippen molar-refractivity contribution in [2.24, 2.45) is 0 Å². The summed E-state index contributed by atoms with van der Waals surface area (Å²) in [6, 6.07) is 3.96. The van der Waals surface area contributed by atoms with Gasteiger partial charge in [-0.25, -0.2) is 4.98 Å². The number of rotatable bonds is 5. The molecule has 2 N–H and O–H groups in total. The minimum Gasteiger partial charge on any atom is -0.358 e. The van der Waals surface area contributed by atoms with E-state index in [1.54, 1.807) is 13.2 Å². The Morgan fingerprint density at radius 3 is 3.06 bits per heavy atom. The molecular formula is C13H18N4O. The maximum Gasteiger partial charge on any atom is 0.239 e. The van der Waals surface area contributed by atoms with Crippen LogP contribution in [0.2, 0.25) is 0 Å². The summed E-state index contributed by atoms with van der Waals surface area (Å²) in [5.41, 5.74) is 2.03. The Balaban J connectivity index is 2.37. The van der Waals surface area contributed by atoms with Crippen LogP contribution in [0.3, 0.4) is 0 Å². The largest absolute Gasteiger partial charge is 0.358 e. The topological polar surface area (TPSA) is 59.0 Å². The summed E-state index contributed by atoms with van der Waals surface area (Å²) >= 11 is 0. The minimum absolute atomic E-state index is 0.0208. The van der Waals surface area contributed by atoms with Crippen LogP contribution in [-0.4, -0.2) is 29.1 Å². The first-order valence-electron chi connectivity index (χ1n) is 6.10. The van der Waals surface area contributed by atoms with Crippen LogP contribution in [0.25, 0.3) is 11.0 Å². The number of hydrogen-bond acceptors (Lipinski definition) is 3. The van der Waals surface area contributed by atoms with Gasteiger partial charge in [-0.2, -0.15) is 0 Å². The van der Waals surface area contributed by atoms with E-state index >= 15 is 0 Å². The lowest BCUT2D eigenvalue weighted by Gasteiger charge is -2.02. The van der Waals surface area contributed by atoms with Crippen LogP contribution >= 0.6 is 0 Å². The molecule has 1 amide bonds. The van der Waals surface area contributed by atoms with E-state index < -0.39 is 0 Å². The van der Waals surface area contributed by atoms with Gasteiger partial charge in [0.25, 0.3) is 0 Å². The van der Waals surface area contributed by atoms with Gasteiger partial charge in [-0.3, -0.25) is 4.79 Å². The Kier molecular flexibility index (Phi) is 3.94. The fraction of sp³-hybridized carbons (Fsp3) is 0.385. The molecule has 0 spiro atoms. The molecule has 0 aliphatic heterocycles. The lowest BCUT2D eigenvalue weighted by Crippen LogP contribution is -2.23. The number of hydrogen-bond donors (Lipinski definition) is 2. The monoisotopic (exact) mass is 246 g/mol. The second-order valence-corrected chi connectivity index (χ2v) is 4.11. The van der Waals surface area contributed by atoms with E-state index in [-0.39, 0.29) is 5.91 Å². The molecule has 2 aromatic rings. The van der Waals surface area contributed by atoms with Gasteiger partial charge in [0.15, 0.2) is 0 Å². The van der Waals surface area contributed by atoms with Gasteiger partial charge in [0.1, 0.15) is 12.2 Å². The first-order chi connectivity index (χ1) is 8.76. The highest BCUT2D eigenvalue weighted by molar-refractivity contribution is 5.83. The summed E-state index contributed by atoms with van der Waals surface area (Å²) in [4.78, 5) is 15.8. The average molecular weight is 246 g/mol. The number of pyridine rings is 1. The Bertz CT molecular complexity index is 547. The number of carbonyl (C=O) groups excluding carboxylic acids is 1. The quantitative estimate of drug-likeness (QED) is 0.824. The van der Waals surface area contributed by atoms with E-state index in [0.29, 0.717) is 6.54 Å². The Morgan fingerprint density at radius 2 is 2.33 bits per heavy atom. The summed E-state index contributed by atoms with van der Waals surface area (Å²) in [5.74, 6) is -0.0208. The molecule has 0 aliphatic carbocycles. The number of fused-ring (bicyclic) bond motifs is 1. The van der Waals surface area contributed by atoms with Crippen molar-refractivity contribution in [2.45, 2.75) is 20.0 Å². The number of amides is 1. The molecule has 2 aromatic heterocycles. The van der Waals surface area contributed by atoms with Crippen molar-refractivity contribution < 1.29 is 4.79 Å². The van der Waals surface area contributed by atoms with Crippen LogP contribution in [0, 0.1) is 0 Å². The molecule has 2 rings (SSSR count). The standard InChI is InChI=1S/C13H18N4O/c1-3-15-7-10-8-17(9-12(18)14-2)13-11(10)5-4-6-16-13/h4-6,8,15H,3,7,9H2,1-2H3,(H,14,18). The van der Waals surface area contributed by atoms with Crippen LogP contribution in [0.5, 0.6) is 0 Å². The van der Waals surface area contributed by atoms with E-state index in [1.165, 1.54) is 5.56 Å². The molecule has 0 unspecified atom stereocenters. The third kappa shape index (κ3) is 2.51. The van der Waals surface area contributed by atoms with E-state index in [4.69, 9.17) is 0 Å². The molecule has 0 radical (unpaired) electrons. The molecule has 5 nitrogen and oxygen atoms in total. The van der Waals surface area contributed by atoms with Crippen LogP contribution in [0.15, 0.2) is 24.5 Å². The average Bonchev–Trinajstić information content (AvgIpc) is 2.75. The smallest absolute Gasteiger partial charge is 0.239 e. The van der Waals surface area contributed by atoms with Gasteiger partial charge >= 0.3 is 0 Å². The van der Waals surface area contributed by atoms with Crippen LogP contribution < -0.4 is 10.6 Å². The number of nitrogens with one attached hydrogen (secondary N) is 2. The molecule has 0 aliphatic rings. The van der Waals surface area contributed by atoms with Crippen molar-refractivity contribution in [3.63, 3.8) is 0 Å². The van der Waals surface area contributed by atoms with E-state index in [2.05, 4.69) is 22.5 Å². The van der Waals surface area contributed by atoms with Crippen LogP contribution in [0.1, 0.15) is 12.5 Å². The molecule has 0 aromatic carbocycles. The maximum absolute atomic E-state index is 11.5. The third-order valence-corrected chi connectivity index (χ3v) is 2.87. The third-order valence-electron chi connectivity index (χ3n) is 2.87. The van der Waals surface area contributed by atoms with Crippen molar-refractivity contribution in [3.8, 4) is 0 Å². The fourth-order valence-corrected chi connectivity index (χ4v) is 1.95. The summed E-state index contributed by atoms with van der Waals surface area (Å²) < 4.78 is 1.89. The van der Waals surface area contributed by atoms with Gasteiger partial charge in [-0.15, -0.1) is 0 Å². The second kappa shape index (κ2) is 5.64. The summed E-state index contributed by atoms with van der Waals surface area (Å²) in [6.45, 7) is 4.08. The van der Waals surface area contributed by atoms with Crippen LogP contribution in [-0.2, 0) is 17.9 Å². The minimum atomic E-state index is -0.0208. The Hall–Kier alpha value is -1.88. The Labute approximate surface area is 106 Å². The summed E-state index contributed by atoms with van der Waals surface area (Å²) in [7, 11) is 1.64. The predicted octanol–water partition coefficient (Wildman–Crippen LogP) is 0.892. The van der Waals surface area contributed by atoms with Crippen molar-refractivity contribution in [2.75, 3.05) is 13.6 Å². The first kappa shape index (κ1) is 12.6. The highest BCUT2D eigenvalue weighted by Gasteiger charge is 2.10. The van der Waals surface area contributed by atoms with Crippen LogP contribution in [0.4, 0.5) is 0 Å². The summed E-state index contributed by atoms with van der Waals surface area (Å²) in [6.07, 6.45) is 3.75. The molecule has 96 valence electrons. The molecule has 0 fully saturated rings. The van der Waals surface area contributed by atoms with Gasteiger partial charge in [0.2, 0.25) is 5.91 Å². The highest BCUT2D eigenvalue weighted by atomic mass is 16.1. The van der Waals surface area contributed by atoms with Crippen molar-refractivity contribution in [3.05, 3.63) is 30.1 Å².